The Morgan fingerprint density at radius 2 is 2.05 bits per heavy atom. The molecule has 0 aliphatic heterocycles. The molecule has 0 saturated carbocycles. The first-order chi connectivity index (χ1) is 9.13. The van der Waals surface area contributed by atoms with Crippen LogP contribution in [0.15, 0.2) is 16.7 Å². The van der Waals surface area contributed by atoms with Crippen molar-refractivity contribution in [3.63, 3.8) is 0 Å². The topological polar surface area (TPSA) is 68.3 Å². The van der Waals surface area contributed by atoms with Crippen LogP contribution in [0.2, 0.25) is 0 Å². The fourth-order valence-electron chi connectivity index (χ4n) is 1.94. The highest BCUT2D eigenvalue weighted by Gasteiger charge is 2.08. The predicted octanol–water partition coefficient (Wildman–Crippen LogP) is 3.07. The Hall–Kier alpha value is -1.29. The molecule has 1 rings (SSSR count). The number of rotatable bonds is 9. The molecule has 0 atom stereocenters. The zero-order valence-electron chi connectivity index (χ0n) is 12.1. The van der Waals surface area contributed by atoms with Gasteiger partial charge in [0.05, 0.1) is 12.1 Å². The van der Waals surface area contributed by atoms with Crippen LogP contribution in [0.1, 0.15) is 62.1 Å². The third-order valence-corrected chi connectivity index (χ3v) is 3.11. The van der Waals surface area contributed by atoms with Gasteiger partial charge in [-0.25, -0.2) is 0 Å². The Labute approximate surface area is 115 Å². The molecule has 3 N–H and O–H groups in total. The highest BCUT2D eigenvalue weighted by Crippen LogP contribution is 2.09. The quantitative estimate of drug-likeness (QED) is 0.675. The van der Waals surface area contributed by atoms with E-state index in [1.165, 1.54) is 31.9 Å². The maximum absolute atomic E-state index is 11.7. The largest absolute Gasteiger partial charge is 0.467 e. The minimum Gasteiger partial charge on any atom is -0.467 e. The lowest BCUT2D eigenvalue weighted by atomic mass is 10.0. The molecule has 0 aliphatic carbocycles. The molecule has 0 fully saturated rings. The lowest BCUT2D eigenvalue weighted by Gasteiger charge is -2.05. The molecule has 4 nitrogen and oxygen atoms in total. The molecule has 0 radical (unpaired) electrons. The molecule has 108 valence electrons. The van der Waals surface area contributed by atoms with Crippen molar-refractivity contribution >= 4 is 5.91 Å². The molecule has 19 heavy (non-hydrogen) atoms. The van der Waals surface area contributed by atoms with Crippen LogP contribution in [0, 0.1) is 5.92 Å². The molecular weight excluding hydrogens is 240 g/mol. The van der Waals surface area contributed by atoms with Crippen molar-refractivity contribution in [3.8, 4) is 0 Å². The van der Waals surface area contributed by atoms with Crippen molar-refractivity contribution < 1.29 is 9.21 Å². The van der Waals surface area contributed by atoms with Crippen molar-refractivity contribution in [2.75, 3.05) is 6.54 Å². The number of carbonyl (C=O) groups is 1. The third kappa shape index (κ3) is 6.43. The molecule has 4 heteroatoms. The second-order valence-corrected chi connectivity index (χ2v) is 5.36. The Morgan fingerprint density at radius 3 is 2.68 bits per heavy atom. The van der Waals surface area contributed by atoms with E-state index >= 15 is 0 Å². The number of hydrogen-bond acceptors (Lipinski definition) is 3. The van der Waals surface area contributed by atoms with E-state index in [4.69, 9.17) is 10.2 Å². The summed E-state index contributed by atoms with van der Waals surface area (Å²) in [6.45, 7) is 5.55. The van der Waals surface area contributed by atoms with Crippen molar-refractivity contribution in [3.05, 3.63) is 23.7 Å². The van der Waals surface area contributed by atoms with Crippen LogP contribution >= 0.6 is 0 Å². The van der Waals surface area contributed by atoms with Gasteiger partial charge in [0.1, 0.15) is 12.0 Å². The Kier molecular flexibility index (Phi) is 7.26. The van der Waals surface area contributed by atoms with Crippen molar-refractivity contribution in [2.24, 2.45) is 11.7 Å². The Bertz CT molecular complexity index is 372. The summed E-state index contributed by atoms with van der Waals surface area (Å²) in [6, 6.07) is 1.69. The van der Waals surface area contributed by atoms with Crippen LogP contribution in [0.25, 0.3) is 0 Å². The van der Waals surface area contributed by atoms with E-state index in [-0.39, 0.29) is 5.91 Å². The van der Waals surface area contributed by atoms with E-state index < -0.39 is 0 Å². The first-order valence-electron chi connectivity index (χ1n) is 7.19. The summed E-state index contributed by atoms with van der Waals surface area (Å²) in [5.74, 6) is 1.35. The van der Waals surface area contributed by atoms with Crippen molar-refractivity contribution in [2.45, 2.75) is 52.5 Å². The van der Waals surface area contributed by atoms with Gasteiger partial charge in [-0.15, -0.1) is 0 Å². The van der Waals surface area contributed by atoms with E-state index in [1.807, 2.05) is 0 Å². The highest BCUT2D eigenvalue weighted by molar-refractivity contribution is 5.93. The van der Waals surface area contributed by atoms with Gasteiger partial charge >= 0.3 is 0 Å². The summed E-state index contributed by atoms with van der Waals surface area (Å²) >= 11 is 0. The van der Waals surface area contributed by atoms with Crippen LogP contribution in [0.4, 0.5) is 0 Å². The minimum absolute atomic E-state index is 0.0781. The Balaban J connectivity index is 2.07. The maximum Gasteiger partial charge on any atom is 0.254 e. The van der Waals surface area contributed by atoms with Gasteiger partial charge in [-0.05, 0) is 18.4 Å². The fraction of sp³-hybridized carbons (Fsp3) is 0.667. The fourth-order valence-corrected chi connectivity index (χ4v) is 1.94. The normalized spacial score (nSPS) is 10.9. The van der Waals surface area contributed by atoms with Gasteiger partial charge in [0.15, 0.2) is 0 Å². The standard InChI is InChI=1S/C15H26N2O2/c1-12(2)7-5-3-4-6-8-17-15(18)13-9-14(10-16)19-11-13/h9,11-12H,3-8,10,16H2,1-2H3,(H,17,18). The molecule has 0 bridgehead atoms. The molecule has 0 aromatic carbocycles. The van der Waals surface area contributed by atoms with Gasteiger partial charge < -0.3 is 15.5 Å². The van der Waals surface area contributed by atoms with Crippen LogP contribution < -0.4 is 11.1 Å². The number of carbonyl (C=O) groups excluding carboxylic acids is 1. The molecule has 1 heterocycles. The summed E-state index contributed by atoms with van der Waals surface area (Å²) in [5.41, 5.74) is 5.98. The van der Waals surface area contributed by atoms with Crippen LogP contribution in [-0.4, -0.2) is 12.5 Å². The number of nitrogens with two attached hydrogens (primary N) is 1. The molecule has 0 unspecified atom stereocenters. The number of hydrogen-bond donors (Lipinski definition) is 2. The third-order valence-electron chi connectivity index (χ3n) is 3.11. The second-order valence-electron chi connectivity index (χ2n) is 5.36. The first kappa shape index (κ1) is 15.8. The molecule has 1 aromatic heterocycles. The molecule has 0 aliphatic rings. The number of furan rings is 1. The van der Waals surface area contributed by atoms with E-state index in [0.29, 0.717) is 17.9 Å². The SMILES string of the molecule is CC(C)CCCCCCNC(=O)c1coc(CN)c1. The number of nitrogens with one attached hydrogen (secondary N) is 1. The van der Waals surface area contributed by atoms with Crippen LogP contribution in [0.3, 0.4) is 0 Å². The van der Waals surface area contributed by atoms with Gasteiger partial charge in [-0.3, -0.25) is 4.79 Å². The molecule has 0 saturated heterocycles. The zero-order valence-corrected chi connectivity index (χ0v) is 12.1. The summed E-state index contributed by atoms with van der Waals surface area (Å²) < 4.78 is 5.13. The summed E-state index contributed by atoms with van der Waals surface area (Å²) in [5, 5.41) is 2.90. The average Bonchev–Trinajstić information content (AvgIpc) is 2.85. The van der Waals surface area contributed by atoms with Gasteiger partial charge in [0.25, 0.3) is 5.91 Å². The zero-order chi connectivity index (χ0) is 14.1. The van der Waals surface area contributed by atoms with Gasteiger partial charge in [0.2, 0.25) is 0 Å². The van der Waals surface area contributed by atoms with Gasteiger partial charge in [-0.2, -0.15) is 0 Å². The van der Waals surface area contributed by atoms with Crippen molar-refractivity contribution in [1.29, 1.82) is 0 Å². The minimum atomic E-state index is -0.0781. The van der Waals surface area contributed by atoms with E-state index in [0.717, 1.165) is 18.9 Å². The summed E-state index contributed by atoms with van der Waals surface area (Å²) in [4.78, 5) is 11.7. The average molecular weight is 266 g/mol. The molecule has 1 aromatic rings. The van der Waals surface area contributed by atoms with Crippen LogP contribution in [-0.2, 0) is 6.54 Å². The Morgan fingerprint density at radius 1 is 1.32 bits per heavy atom. The monoisotopic (exact) mass is 266 g/mol. The van der Waals surface area contributed by atoms with Gasteiger partial charge in [0, 0.05) is 6.54 Å². The first-order valence-corrected chi connectivity index (χ1v) is 7.19. The van der Waals surface area contributed by atoms with E-state index in [9.17, 15) is 4.79 Å². The molecule has 0 spiro atoms. The predicted molar refractivity (Wildman–Crippen MR) is 76.9 cm³/mol. The second kappa shape index (κ2) is 8.75. The van der Waals surface area contributed by atoms with E-state index in [2.05, 4.69) is 19.2 Å². The molecular formula is C15H26N2O2. The number of unbranched alkanes of at least 4 members (excludes halogenated alkanes) is 3. The lowest BCUT2D eigenvalue weighted by Crippen LogP contribution is -2.23. The van der Waals surface area contributed by atoms with Gasteiger partial charge in [-0.1, -0.05) is 39.5 Å². The highest BCUT2D eigenvalue weighted by atomic mass is 16.3. The van der Waals surface area contributed by atoms with Crippen molar-refractivity contribution in [1.82, 2.24) is 5.32 Å². The maximum atomic E-state index is 11.7. The smallest absolute Gasteiger partial charge is 0.254 e. The van der Waals surface area contributed by atoms with E-state index in [1.54, 1.807) is 6.07 Å². The number of amides is 1. The summed E-state index contributed by atoms with van der Waals surface area (Å²) in [7, 11) is 0. The van der Waals surface area contributed by atoms with Crippen LogP contribution in [0.5, 0.6) is 0 Å². The summed E-state index contributed by atoms with van der Waals surface area (Å²) in [6.07, 6.45) is 7.49. The molecule has 1 amide bonds. The lowest BCUT2D eigenvalue weighted by molar-refractivity contribution is 0.0952.